The van der Waals surface area contributed by atoms with Crippen molar-refractivity contribution in [2.75, 3.05) is 0 Å². The van der Waals surface area contributed by atoms with Gasteiger partial charge in [0.05, 0.1) is 12.1 Å². The van der Waals surface area contributed by atoms with Gasteiger partial charge in [0.2, 0.25) is 0 Å². The SMILES string of the molecule is CC#N.CC1(C)N[C@@H](C(O)(c2cccc3ccccc23)c2cccc3ccccc23)[C@H](C(O)(c2cccc3ccccc23)c2cccc3ccccc23)O1.[Cl-].[Cl-].[Ti+2]. The van der Waals surface area contributed by atoms with Crippen LogP contribution < -0.4 is 30.1 Å². The van der Waals surface area contributed by atoms with Gasteiger partial charge in [0.15, 0.2) is 0 Å². The van der Waals surface area contributed by atoms with Gasteiger partial charge in [0.1, 0.15) is 23.0 Å². The Labute approximate surface area is 361 Å². The van der Waals surface area contributed by atoms with E-state index < -0.39 is 29.1 Å². The van der Waals surface area contributed by atoms with Crippen LogP contribution in [0, 0.1) is 11.3 Å². The molecule has 0 bridgehead atoms. The van der Waals surface area contributed by atoms with Crippen LogP contribution in [0.5, 0.6) is 0 Å². The summed E-state index contributed by atoms with van der Waals surface area (Å²) in [7, 11) is 0. The average Bonchev–Trinajstić information content (AvgIpc) is 3.55. The minimum Gasteiger partial charge on any atom is -1.00 e. The number of nitrogens with one attached hydrogen (secondary N) is 1. The standard InChI is InChI=1S/C47H39NO3.C2H3N.2ClH.Ti/c1-45(2)48-43(46(49,39-27-11-19-31-15-3-7-23-35(31)39)40-28-12-20-32-16-4-8-24-36(32)40)44(51-45)47(50,41-29-13-21-33-17-5-9-25-37(33)41)42-30-14-22-34-18-6-10-26-38(34)42;1-2-3;;;/h3-30,43-44,48-50H,1-2H3;1H3;2*1H;/q;;;;+2/p-2/t43-,44-;;;;/m1..../s1. The van der Waals surface area contributed by atoms with Crippen LogP contribution in [0.25, 0.3) is 43.1 Å². The molecular weight excluding hydrogens is 783 g/mol. The molecule has 5 nitrogen and oxygen atoms in total. The van der Waals surface area contributed by atoms with Crippen molar-refractivity contribution in [3.8, 4) is 6.07 Å². The summed E-state index contributed by atoms with van der Waals surface area (Å²) in [5.41, 5.74) is -1.46. The zero-order valence-electron chi connectivity index (χ0n) is 31.8. The number of hydrogen-bond acceptors (Lipinski definition) is 5. The Morgan fingerprint density at radius 3 is 1.09 bits per heavy atom. The first-order valence-corrected chi connectivity index (χ1v) is 18.3. The van der Waals surface area contributed by atoms with Crippen molar-refractivity contribution < 1.29 is 61.5 Å². The molecule has 0 saturated carbocycles. The Morgan fingerprint density at radius 2 is 0.772 bits per heavy atom. The smallest absolute Gasteiger partial charge is 1.00 e. The predicted octanol–water partition coefficient (Wildman–Crippen LogP) is 4.10. The second-order valence-electron chi connectivity index (χ2n) is 14.5. The van der Waals surface area contributed by atoms with Crippen molar-refractivity contribution in [3.05, 3.63) is 192 Å². The molecule has 1 aliphatic rings. The third kappa shape index (κ3) is 7.50. The summed E-state index contributed by atoms with van der Waals surface area (Å²) in [6, 6.07) is 57.9. The van der Waals surface area contributed by atoms with Crippen LogP contribution in [0.15, 0.2) is 170 Å². The molecule has 8 aromatic carbocycles. The maximum Gasteiger partial charge on any atom is 2.00 e. The monoisotopic (exact) mass is 824 g/mol. The van der Waals surface area contributed by atoms with Crippen molar-refractivity contribution in [2.45, 2.75) is 49.8 Å². The van der Waals surface area contributed by atoms with Gasteiger partial charge < -0.3 is 39.8 Å². The van der Waals surface area contributed by atoms with Crippen molar-refractivity contribution in [1.29, 1.82) is 5.26 Å². The number of halogens is 2. The molecule has 2 atom stereocenters. The van der Waals surface area contributed by atoms with E-state index in [2.05, 4.69) is 78.1 Å². The predicted molar refractivity (Wildman–Crippen MR) is 219 cm³/mol. The van der Waals surface area contributed by atoms with Gasteiger partial charge in [-0.25, -0.2) is 0 Å². The largest absolute Gasteiger partial charge is 2.00 e. The van der Waals surface area contributed by atoms with E-state index in [0.29, 0.717) is 11.1 Å². The van der Waals surface area contributed by atoms with Gasteiger partial charge in [-0.2, -0.15) is 5.26 Å². The first kappa shape index (κ1) is 43.5. The molecule has 1 aliphatic heterocycles. The van der Waals surface area contributed by atoms with Gasteiger partial charge in [0.25, 0.3) is 0 Å². The van der Waals surface area contributed by atoms with Crippen molar-refractivity contribution in [3.63, 3.8) is 0 Å². The Balaban J connectivity index is 0.00000100. The number of aliphatic hydroxyl groups is 2. The fourth-order valence-electron chi connectivity index (χ4n) is 8.68. The van der Waals surface area contributed by atoms with Crippen LogP contribution in [0.1, 0.15) is 43.0 Å². The molecule has 3 N–H and O–H groups in total. The Bertz CT molecular complexity index is 2360. The van der Waals surface area contributed by atoms with E-state index in [4.69, 9.17) is 10.00 Å². The van der Waals surface area contributed by atoms with E-state index >= 15 is 0 Å². The quantitative estimate of drug-likeness (QED) is 0.220. The molecule has 9 rings (SSSR count). The average molecular weight is 826 g/mol. The van der Waals surface area contributed by atoms with Crippen molar-refractivity contribution in [2.24, 2.45) is 0 Å². The van der Waals surface area contributed by atoms with Gasteiger partial charge in [-0.3, -0.25) is 5.32 Å². The Hall–Kier alpha value is -4.58. The van der Waals surface area contributed by atoms with Gasteiger partial charge in [-0.15, -0.1) is 0 Å². The van der Waals surface area contributed by atoms with Crippen LogP contribution in [0.3, 0.4) is 0 Å². The van der Waals surface area contributed by atoms with E-state index in [0.717, 1.165) is 54.2 Å². The summed E-state index contributed by atoms with van der Waals surface area (Å²) < 4.78 is 7.13. The molecule has 0 unspecified atom stereocenters. The number of hydrogen-bond donors (Lipinski definition) is 3. The molecule has 284 valence electrons. The molecule has 0 amide bonds. The van der Waals surface area contributed by atoms with E-state index in [1.165, 1.54) is 6.92 Å². The summed E-state index contributed by atoms with van der Waals surface area (Å²) in [6.07, 6.45) is -0.980. The van der Waals surface area contributed by atoms with E-state index in [9.17, 15) is 10.2 Å². The van der Waals surface area contributed by atoms with Crippen LogP contribution in [0.2, 0.25) is 0 Å². The number of fused-ring (bicyclic) bond motifs is 4. The zero-order valence-corrected chi connectivity index (χ0v) is 34.9. The number of benzene rings is 8. The second-order valence-corrected chi connectivity index (χ2v) is 14.5. The van der Waals surface area contributed by atoms with Crippen LogP contribution in [-0.4, -0.2) is 28.1 Å². The molecule has 0 aliphatic carbocycles. The fourth-order valence-corrected chi connectivity index (χ4v) is 8.68. The first-order chi connectivity index (χ1) is 26.2. The normalized spacial score (nSPS) is 16.1. The number of ether oxygens (including phenoxy) is 1. The molecule has 8 heteroatoms. The number of nitrogens with zero attached hydrogens (tertiary/aromatic N) is 1. The molecule has 57 heavy (non-hydrogen) atoms. The first-order valence-electron chi connectivity index (χ1n) is 18.3. The molecule has 1 fully saturated rings. The number of nitriles is 1. The maximum absolute atomic E-state index is 14.1. The molecule has 1 saturated heterocycles. The van der Waals surface area contributed by atoms with E-state index in [1.54, 1.807) is 6.07 Å². The minimum atomic E-state index is -1.74. The zero-order chi connectivity index (χ0) is 37.5. The summed E-state index contributed by atoms with van der Waals surface area (Å²) in [5, 5.41) is 47.0. The third-order valence-electron chi connectivity index (χ3n) is 10.9. The van der Waals surface area contributed by atoms with Crippen LogP contribution in [-0.2, 0) is 37.7 Å². The third-order valence-corrected chi connectivity index (χ3v) is 10.9. The van der Waals surface area contributed by atoms with E-state index in [1.807, 2.05) is 111 Å². The van der Waals surface area contributed by atoms with Gasteiger partial charge in [-0.1, -0.05) is 170 Å². The molecule has 0 spiro atoms. The van der Waals surface area contributed by atoms with Crippen molar-refractivity contribution >= 4 is 43.1 Å². The molecular formula is C49H42Cl2N2O3Ti. The maximum atomic E-state index is 14.1. The summed E-state index contributed by atoms with van der Waals surface area (Å²) in [4.78, 5) is 0. The minimum absolute atomic E-state index is 0. The van der Waals surface area contributed by atoms with Gasteiger partial charge >= 0.3 is 21.7 Å². The number of rotatable bonds is 6. The summed E-state index contributed by atoms with van der Waals surface area (Å²) in [6.45, 7) is 5.37. The molecule has 1 heterocycles. The van der Waals surface area contributed by atoms with Crippen molar-refractivity contribution in [1.82, 2.24) is 5.32 Å². The fraction of sp³-hybridized carbons (Fsp3) is 0.163. The van der Waals surface area contributed by atoms with Crippen LogP contribution in [0.4, 0.5) is 0 Å². The Kier molecular flexibility index (Phi) is 13.4. The van der Waals surface area contributed by atoms with Crippen LogP contribution >= 0.6 is 0 Å². The topological polar surface area (TPSA) is 85.5 Å². The van der Waals surface area contributed by atoms with E-state index in [-0.39, 0.29) is 46.5 Å². The summed E-state index contributed by atoms with van der Waals surface area (Å²) in [5.74, 6) is 0. The second kappa shape index (κ2) is 17.5. The molecule has 8 aromatic rings. The molecule has 0 aromatic heterocycles. The molecule has 0 radical (unpaired) electrons. The van der Waals surface area contributed by atoms with Gasteiger partial charge in [-0.05, 0) is 79.2 Å². The van der Waals surface area contributed by atoms with Gasteiger partial charge in [0, 0.05) is 6.92 Å². The summed E-state index contributed by atoms with van der Waals surface area (Å²) >= 11 is 0. The Morgan fingerprint density at radius 1 is 0.509 bits per heavy atom.